The van der Waals surface area contributed by atoms with Crippen molar-refractivity contribution in [1.82, 2.24) is 5.32 Å². The van der Waals surface area contributed by atoms with E-state index >= 15 is 0 Å². The molecule has 0 atom stereocenters. The molecular formula is C15H25NO3S. The number of ether oxygens (including phenoxy) is 1. The van der Waals surface area contributed by atoms with Crippen LogP contribution in [0.4, 0.5) is 0 Å². The minimum Gasteiger partial charge on any atom is -0.492 e. The van der Waals surface area contributed by atoms with Gasteiger partial charge >= 0.3 is 0 Å². The number of hydrogen-bond acceptors (Lipinski definition) is 4. The molecular weight excluding hydrogens is 274 g/mol. The van der Waals surface area contributed by atoms with Gasteiger partial charge in [-0.15, -0.1) is 0 Å². The van der Waals surface area contributed by atoms with Crippen LogP contribution in [0.2, 0.25) is 0 Å². The standard InChI is InChI=1S/C15H25NO3S/c1-15(2,3)8-9-16-10-11-19-13-6-5-7-14(12-13)20(4,17)18/h5-7,12,16H,8-11H2,1-4H3. The summed E-state index contributed by atoms with van der Waals surface area (Å²) in [5, 5.41) is 3.31. The smallest absolute Gasteiger partial charge is 0.175 e. The Balaban J connectivity index is 2.33. The summed E-state index contributed by atoms with van der Waals surface area (Å²) in [4.78, 5) is 0.288. The summed E-state index contributed by atoms with van der Waals surface area (Å²) in [7, 11) is -3.18. The predicted molar refractivity (Wildman–Crippen MR) is 82.0 cm³/mol. The third-order valence-electron chi connectivity index (χ3n) is 2.83. The van der Waals surface area contributed by atoms with Gasteiger partial charge in [0.25, 0.3) is 0 Å². The molecule has 0 aliphatic heterocycles. The first-order valence-corrected chi connectivity index (χ1v) is 8.71. The fourth-order valence-electron chi connectivity index (χ4n) is 1.62. The maximum Gasteiger partial charge on any atom is 0.175 e. The Morgan fingerprint density at radius 3 is 2.50 bits per heavy atom. The summed E-state index contributed by atoms with van der Waals surface area (Å²) < 4.78 is 28.4. The van der Waals surface area contributed by atoms with Crippen LogP contribution in [-0.2, 0) is 9.84 Å². The Hall–Kier alpha value is -1.07. The molecule has 0 aromatic heterocycles. The number of hydrogen-bond donors (Lipinski definition) is 1. The second-order valence-electron chi connectivity index (χ2n) is 6.16. The molecule has 0 fully saturated rings. The van der Waals surface area contributed by atoms with Gasteiger partial charge in [-0.05, 0) is 36.6 Å². The number of nitrogens with one attached hydrogen (secondary N) is 1. The molecule has 0 bridgehead atoms. The van der Waals surface area contributed by atoms with Crippen LogP contribution in [-0.4, -0.2) is 34.4 Å². The van der Waals surface area contributed by atoms with Crippen molar-refractivity contribution in [2.75, 3.05) is 26.0 Å². The van der Waals surface area contributed by atoms with Crippen LogP contribution < -0.4 is 10.1 Å². The summed E-state index contributed by atoms with van der Waals surface area (Å²) in [6.07, 6.45) is 2.30. The minimum atomic E-state index is -3.18. The predicted octanol–water partition coefficient (Wildman–Crippen LogP) is 2.49. The van der Waals surface area contributed by atoms with E-state index in [9.17, 15) is 8.42 Å². The lowest BCUT2D eigenvalue weighted by atomic mass is 9.92. The summed E-state index contributed by atoms with van der Waals surface area (Å²) in [5.74, 6) is 0.588. The van der Waals surface area contributed by atoms with E-state index < -0.39 is 9.84 Å². The number of benzene rings is 1. The highest BCUT2D eigenvalue weighted by Gasteiger charge is 2.09. The second-order valence-corrected chi connectivity index (χ2v) is 8.17. The zero-order chi connectivity index (χ0) is 15.2. The normalized spacial score (nSPS) is 12.4. The molecule has 5 heteroatoms. The minimum absolute atomic E-state index is 0.288. The van der Waals surface area contributed by atoms with Crippen LogP contribution in [0, 0.1) is 5.41 Å². The molecule has 1 rings (SSSR count). The van der Waals surface area contributed by atoms with Gasteiger partial charge in [0.15, 0.2) is 9.84 Å². The highest BCUT2D eigenvalue weighted by atomic mass is 32.2. The fraction of sp³-hybridized carbons (Fsp3) is 0.600. The molecule has 0 saturated carbocycles. The molecule has 114 valence electrons. The van der Waals surface area contributed by atoms with Crippen molar-refractivity contribution >= 4 is 9.84 Å². The van der Waals surface area contributed by atoms with Crippen molar-refractivity contribution in [2.45, 2.75) is 32.1 Å². The van der Waals surface area contributed by atoms with Gasteiger partial charge in [-0.2, -0.15) is 0 Å². The number of rotatable bonds is 7. The average Bonchev–Trinajstić information content (AvgIpc) is 2.31. The van der Waals surface area contributed by atoms with Crippen molar-refractivity contribution in [3.05, 3.63) is 24.3 Å². The molecule has 1 N–H and O–H groups in total. The molecule has 0 saturated heterocycles. The van der Waals surface area contributed by atoms with Gasteiger partial charge < -0.3 is 10.1 Å². The Morgan fingerprint density at radius 2 is 1.90 bits per heavy atom. The fourth-order valence-corrected chi connectivity index (χ4v) is 2.28. The van der Waals surface area contributed by atoms with E-state index in [0.29, 0.717) is 17.8 Å². The molecule has 4 nitrogen and oxygen atoms in total. The van der Waals surface area contributed by atoms with E-state index in [4.69, 9.17) is 4.74 Å². The second kappa shape index (κ2) is 7.09. The van der Waals surface area contributed by atoms with E-state index in [-0.39, 0.29) is 4.90 Å². The van der Waals surface area contributed by atoms with Crippen molar-refractivity contribution in [1.29, 1.82) is 0 Å². The van der Waals surface area contributed by atoms with Crippen LogP contribution >= 0.6 is 0 Å². The van der Waals surface area contributed by atoms with E-state index in [0.717, 1.165) is 19.5 Å². The van der Waals surface area contributed by atoms with Crippen LogP contribution in [0.25, 0.3) is 0 Å². The van der Waals surface area contributed by atoms with Crippen LogP contribution in [0.5, 0.6) is 5.75 Å². The monoisotopic (exact) mass is 299 g/mol. The maximum atomic E-state index is 11.4. The van der Waals surface area contributed by atoms with E-state index in [2.05, 4.69) is 26.1 Å². The van der Waals surface area contributed by atoms with Crippen molar-refractivity contribution in [2.24, 2.45) is 5.41 Å². The zero-order valence-electron chi connectivity index (χ0n) is 12.8. The Bertz CT molecular complexity index is 518. The van der Waals surface area contributed by atoms with Crippen molar-refractivity contribution in [3.8, 4) is 5.75 Å². The molecule has 0 aliphatic rings. The first-order valence-electron chi connectivity index (χ1n) is 6.82. The van der Waals surface area contributed by atoms with Gasteiger partial charge in [0.2, 0.25) is 0 Å². The van der Waals surface area contributed by atoms with Crippen LogP contribution in [0.15, 0.2) is 29.2 Å². The Morgan fingerprint density at radius 1 is 1.20 bits per heavy atom. The molecule has 1 aromatic carbocycles. The van der Waals surface area contributed by atoms with Gasteiger partial charge in [0.1, 0.15) is 12.4 Å². The summed E-state index contributed by atoms with van der Waals surface area (Å²) in [5.41, 5.74) is 0.331. The first kappa shape index (κ1) is 17.0. The highest BCUT2D eigenvalue weighted by Crippen LogP contribution is 2.18. The molecule has 0 amide bonds. The summed E-state index contributed by atoms with van der Waals surface area (Å²) >= 11 is 0. The number of sulfone groups is 1. The largest absolute Gasteiger partial charge is 0.492 e. The topological polar surface area (TPSA) is 55.4 Å². The van der Waals surface area contributed by atoms with Gasteiger partial charge in [-0.1, -0.05) is 26.8 Å². The average molecular weight is 299 g/mol. The van der Waals surface area contributed by atoms with E-state index in [1.54, 1.807) is 24.3 Å². The highest BCUT2D eigenvalue weighted by molar-refractivity contribution is 7.90. The molecule has 0 heterocycles. The van der Waals surface area contributed by atoms with E-state index in [1.165, 1.54) is 6.26 Å². The van der Waals surface area contributed by atoms with E-state index in [1.807, 2.05) is 0 Å². The van der Waals surface area contributed by atoms with Crippen molar-refractivity contribution < 1.29 is 13.2 Å². The lowest BCUT2D eigenvalue weighted by Gasteiger charge is -2.18. The third kappa shape index (κ3) is 6.91. The molecule has 0 aliphatic carbocycles. The summed E-state index contributed by atoms with van der Waals surface area (Å²) in [6.45, 7) is 8.86. The van der Waals surface area contributed by atoms with Crippen LogP contribution in [0.1, 0.15) is 27.2 Å². The van der Waals surface area contributed by atoms with Gasteiger partial charge in [0.05, 0.1) is 4.90 Å². The Labute approximate surface area is 122 Å². The van der Waals surface area contributed by atoms with Crippen LogP contribution in [0.3, 0.4) is 0 Å². The van der Waals surface area contributed by atoms with Crippen molar-refractivity contribution in [3.63, 3.8) is 0 Å². The van der Waals surface area contributed by atoms with Gasteiger partial charge in [0, 0.05) is 12.8 Å². The molecule has 20 heavy (non-hydrogen) atoms. The SMILES string of the molecule is CC(C)(C)CCNCCOc1cccc(S(C)(=O)=O)c1. The summed E-state index contributed by atoms with van der Waals surface area (Å²) in [6, 6.07) is 6.59. The lowest BCUT2D eigenvalue weighted by Crippen LogP contribution is -2.25. The molecule has 1 aromatic rings. The zero-order valence-corrected chi connectivity index (χ0v) is 13.6. The first-order chi connectivity index (χ1) is 9.18. The van der Waals surface area contributed by atoms with Gasteiger partial charge in [-0.25, -0.2) is 8.42 Å². The lowest BCUT2D eigenvalue weighted by molar-refractivity contribution is 0.303. The quantitative estimate of drug-likeness (QED) is 0.786. The maximum absolute atomic E-state index is 11.4. The molecule has 0 spiro atoms. The molecule has 0 unspecified atom stereocenters. The Kier molecular flexibility index (Phi) is 6.02. The third-order valence-corrected chi connectivity index (χ3v) is 3.94. The molecule has 0 radical (unpaired) electrons. The van der Waals surface area contributed by atoms with Gasteiger partial charge in [-0.3, -0.25) is 0 Å².